The number of hydrogen-bond donors (Lipinski definition) is 2. The van der Waals surface area contributed by atoms with Crippen molar-refractivity contribution < 1.29 is 22.9 Å². The molecule has 1 aromatic rings. The average molecular weight is 462 g/mol. The minimum atomic E-state index is -4.32. The monoisotopic (exact) mass is 461 g/mol. The second-order valence-corrected chi connectivity index (χ2v) is 13.9. The molecule has 2 N–H and O–H groups in total. The molecule has 0 saturated carbocycles. The minimum absolute atomic E-state index is 0.185. The lowest BCUT2D eigenvalue weighted by Crippen LogP contribution is -2.12. The fourth-order valence-corrected chi connectivity index (χ4v) is 9.25. The Morgan fingerprint density at radius 2 is 1.23 bits per heavy atom. The molecule has 7 heteroatoms. The molecule has 0 atom stereocenters. The number of carbonyl (C=O) groups is 1. The van der Waals surface area contributed by atoms with E-state index in [1.165, 1.54) is 63.5 Å². The van der Waals surface area contributed by atoms with Crippen LogP contribution < -0.4 is 0 Å². The highest BCUT2D eigenvalue weighted by molar-refractivity contribution is 7.85. The van der Waals surface area contributed by atoms with Crippen LogP contribution in [0.15, 0.2) is 29.2 Å². The summed E-state index contributed by atoms with van der Waals surface area (Å²) in [7, 11) is -4.88. The molecule has 0 saturated heterocycles. The summed E-state index contributed by atoms with van der Waals surface area (Å²) in [6, 6.07) is 4.48. The van der Waals surface area contributed by atoms with Crippen LogP contribution in [0.2, 0.25) is 0 Å². The zero-order chi connectivity index (χ0) is 23.0. The summed E-state index contributed by atoms with van der Waals surface area (Å²) < 4.78 is 29.7. The van der Waals surface area contributed by atoms with E-state index in [0.29, 0.717) is 0 Å². The summed E-state index contributed by atoms with van der Waals surface area (Å²) in [6.07, 6.45) is 17.9. The topological polar surface area (TPSA) is 91.7 Å². The standard InChI is InChI=1S/C16H36P.C7H6O5S/c1-5-9-13-17(14-10-6-2,15-11-7-3)16-12-8-4;8-7(9)5-2-1-3-6(4-5)13(10,11)12/h5-16H2,1-4H3;1-4H,(H,8,9)(H,10,11,12)/q+1;. The smallest absolute Gasteiger partial charge is 0.335 e. The average Bonchev–Trinajstić information content (AvgIpc) is 2.72. The van der Waals surface area contributed by atoms with Gasteiger partial charge in [0.2, 0.25) is 0 Å². The van der Waals surface area contributed by atoms with Crippen molar-refractivity contribution >= 4 is 23.3 Å². The molecule has 30 heavy (non-hydrogen) atoms. The van der Waals surface area contributed by atoms with Crippen LogP contribution in [-0.2, 0) is 10.1 Å². The van der Waals surface area contributed by atoms with Crippen molar-refractivity contribution in [3.8, 4) is 0 Å². The molecule has 0 aliphatic heterocycles. The number of rotatable bonds is 14. The van der Waals surface area contributed by atoms with Gasteiger partial charge in [0.05, 0.1) is 35.1 Å². The van der Waals surface area contributed by atoms with Gasteiger partial charge in [-0.15, -0.1) is 0 Å². The van der Waals surface area contributed by atoms with Gasteiger partial charge in [0.25, 0.3) is 10.1 Å². The van der Waals surface area contributed by atoms with Crippen LogP contribution >= 0.6 is 7.26 Å². The number of aromatic carboxylic acids is 1. The molecule has 1 aromatic carbocycles. The highest BCUT2D eigenvalue weighted by Crippen LogP contribution is 2.61. The number of carboxylic acid groups (broad SMARTS) is 1. The highest BCUT2D eigenvalue weighted by atomic mass is 32.2. The molecule has 0 bridgehead atoms. The molecular formula is C23H42O5PS+. The molecule has 0 spiro atoms. The Morgan fingerprint density at radius 1 is 0.833 bits per heavy atom. The van der Waals surface area contributed by atoms with Crippen molar-refractivity contribution in [3.63, 3.8) is 0 Å². The first kappa shape index (κ1) is 29.0. The van der Waals surface area contributed by atoms with Gasteiger partial charge in [-0.1, -0.05) is 59.4 Å². The van der Waals surface area contributed by atoms with E-state index < -0.39 is 28.2 Å². The third-order valence-electron chi connectivity index (χ3n) is 5.32. The Labute approximate surface area is 184 Å². The van der Waals surface area contributed by atoms with Gasteiger partial charge in [-0.3, -0.25) is 4.55 Å². The number of unbranched alkanes of at least 4 members (excludes halogenated alkanes) is 4. The first-order valence-electron chi connectivity index (χ1n) is 11.3. The minimum Gasteiger partial charge on any atom is -0.478 e. The maximum Gasteiger partial charge on any atom is 0.335 e. The summed E-state index contributed by atoms with van der Waals surface area (Å²) >= 11 is 0. The van der Waals surface area contributed by atoms with E-state index in [4.69, 9.17) is 9.66 Å². The van der Waals surface area contributed by atoms with Crippen LogP contribution in [0.5, 0.6) is 0 Å². The summed E-state index contributed by atoms with van der Waals surface area (Å²) in [6.45, 7) is 9.42. The summed E-state index contributed by atoms with van der Waals surface area (Å²) in [4.78, 5) is 9.98. The van der Waals surface area contributed by atoms with Crippen LogP contribution in [0.25, 0.3) is 0 Å². The van der Waals surface area contributed by atoms with Crippen molar-refractivity contribution in [1.29, 1.82) is 0 Å². The molecule has 0 amide bonds. The van der Waals surface area contributed by atoms with Crippen LogP contribution in [0, 0.1) is 0 Å². The molecule has 0 heterocycles. The normalized spacial score (nSPS) is 11.6. The van der Waals surface area contributed by atoms with Gasteiger partial charge in [0, 0.05) is 7.26 Å². The summed E-state index contributed by atoms with van der Waals surface area (Å²) in [5, 5.41) is 8.50. The van der Waals surface area contributed by atoms with Crippen LogP contribution in [0.1, 0.15) is 89.4 Å². The first-order chi connectivity index (χ1) is 14.2. The molecule has 0 unspecified atom stereocenters. The largest absolute Gasteiger partial charge is 0.478 e. The molecule has 1 rings (SSSR count). The van der Waals surface area contributed by atoms with Gasteiger partial charge >= 0.3 is 5.97 Å². The molecule has 0 aliphatic rings. The van der Waals surface area contributed by atoms with E-state index >= 15 is 0 Å². The van der Waals surface area contributed by atoms with Gasteiger partial charge in [0.1, 0.15) is 0 Å². The molecule has 0 aliphatic carbocycles. The van der Waals surface area contributed by atoms with Crippen LogP contribution in [0.4, 0.5) is 0 Å². The SMILES string of the molecule is CCCC[P+](CCCC)(CCCC)CCCC.O=C(O)c1cccc(S(=O)(=O)O)c1. The van der Waals surface area contributed by atoms with Gasteiger partial charge in [0.15, 0.2) is 0 Å². The number of benzene rings is 1. The predicted molar refractivity (Wildman–Crippen MR) is 129 cm³/mol. The maximum atomic E-state index is 10.6. The Kier molecular flexibility index (Phi) is 15.3. The molecule has 174 valence electrons. The lowest BCUT2D eigenvalue weighted by Gasteiger charge is -2.28. The fraction of sp³-hybridized carbons (Fsp3) is 0.696. The van der Waals surface area contributed by atoms with Gasteiger partial charge in [-0.25, -0.2) is 4.79 Å². The van der Waals surface area contributed by atoms with Crippen molar-refractivity contribution in [2.45, 2.75) is 84.0 Å². The zero-order valence-electron chi connectivity index (χ0n) is 19.3. The quantitative estimate of drug-likeness (QED) is 0.234. The van der Waals surface area contributed by atoms with Crippen LogP contribution in [-0.4, -0.2) is 48.7 Å². The van der Waals surface area contributed by atoms with E-state index in [1.807, 2.05) is 0 Å². The van der Waals surface area contributed by atoms with Crippen molar-refractivity contribution in [2.24, 2.45) is 0 Å². The first-order valence-corrected chi connectivity index (χ1v) is 15.3. The van der Waals surface area contributed by atoms with Crippen molar-refractivity contribution in [1.82, 2.24) is 0 Å². The third kappa shape index (κ3) is 12.0. The molecular weight excluding hydrogens is 419 g/mol. The Balaban J connectivity index is 0.000000579. The van der Waals surface area contributed by atoms with Crippen LogP contribution in [0.3, 0.4) is 0 Å². The van der Waals surface area contributed by atoms with E-state index in [-0.39, 0.29) is 5.56 Å². The Bertz CT molecular complexity index is 666. The van der Waals surface area contributed by atoms with E-state index in [1.54, 1.807) is 24.6 Å². The Morgan fingerprint density at radius 3 is 1.53 bits per heavy atom. The van der Waals surface area contributed by atoms with Crippen molar-refractivity contribution in [2.75, 3.05) is 24.6 Å². The maximum absolute atomic E-state index is 10.6. The lowest BCUT2D eigenvalue weighted by molar-refractivity contribution is 0.0696. The van der Waals surface area contributed by atoms with E-state index in [9.17, 15) is 13.2 Å². The molecule has 0 fully saturated rings. The van der Waals surface area contributed by atoms with Crippen molar-refractivity contribution in [3.05, 3.63) is 29.8 Å². The van der Waals surface area contributed by atoms with Gasteiger partial charge in [-0.05, 0) is 43.9 Å². The molecule has 5 nitrogen and oxygen atoms in total. The number of carboxylic acids is 1. The molecule has 0 aromatic heterocycles. The summed E-state index contributed by atoms with van der Waals surface area (Å²) in [5.74, 6) is -1.24. The summed E-state index contributed by atoms with van der Waals surface area (Å²) in [5.41, 5.74) is -0.185. The van der Waals surface area contributed by atoms with E-state index in [0.717, 1.165) is 12.1 Å². The second kappa shape index (κ2) is 15.8. The third-order valence-corrected chi connectivity index (χ3v) is 11.2. The fourth-order valence-electron chi connectivity index (χ4n) is 3.43. The number of hydrogen-bond acceptors (Lipinski definition) is 3. The van der Waals surface area contributed by atoms with E-state index in [2.05, 4.69) is 27.7 Å². The van der Waals surface area contributed by atoms with Gasteiger partial charge < -0.3 is 5.11 Å². The highest BCUT2D eigenvalue weighted by Gasteiger charge is 2.34. The van der Waals surface area contributed by atoms with Gasteiger partial charge in [-0.2, -0.15) is 8.42 Å². The second-order valence-electron chi connectivity index (χ2n) is 7.96. The molecule has 0 radical (unpaired) electrons. The zero-order valence-corrected chi connectivity index (χ0v) is 21.0. The lowest BCUT2D eigenvalue weighted by atomic mass is 10.2. The Hall–Kier alpha value is -0.970. The predicted octanol–water partition coefficient (Wildman–Crippen LogP) is 6.84.